The first-order valence-electron chi connectivity index (χ1n) is 5.10. The lowest BCUT2D eigenvalue weighted by Gasteiger charge is -2.08. The van der Waals surface area contributed by atoms with Crippen molar-refractivity contribution < 1.29 is 14.6 Å². The summed E-state index contributed by atoms with van der Waals surface area (Å²) < 4.78 is 4.85. The number of rotatable bonds is 6. The summed E-state index contributed by atoms with van der Waals surface area (Å²) in [6.07, 6.45) is 2.07. The maximum absolute atomic E-state index is 11.3. The Morgan fingerprint density at radius 3 is 2.60 bits per heavy atom. The summed E-state index contributed by atoms with van der Waals surface area (Å²) in [5, 5.41) is 8.93. The summed E-state index contributed by atoms with van der Waals surface area (Å²) >= 11 is 0. The molecule has 1 unspecified atom stereocenters. The number of hydrogen-bond donors (Lipinski definition) is 1. The second-order valence-electron chi connectivity index (χ2n) is 3.93. The molecule has 15 heavy (non-hydrogen) atoms. The second-order valence-corrected chi connectivity index (χ2v) is 3.93. The second kappa shape index (κ2) is 7.43. The van der Waals surface area contributed by atoms with Gasteiger partial charge in [0.1, 0.15) is 6.61 Å². The molecule has 0 rings (SSSR count). The van der Waals surface area contributed by atoms with Crippen molar-refractivity contribution in [2.75, 3.05) is 27.2 Å². The summed E-state index contributed by atoms with van der Waals surface area (Å²) in [5.41, 5.74) is 0.595. The molecule has 0 radical (unpaired) electrons. The van der Waals surface area contributed by atoms with Crippen LogP contribution in [0.5, 0.6) is 0 Å². The van der Waals surface area contributed by atoms with Crippen LogP contribution in [0.2, 0.25) is 0 Å². The normalized spacial score (nSPS) is 14.1. The number of hydrogen-bond acceptors (Lipinski definition) is 4. The van der Waals surface area contributed by atoms with Crippen LogP contribution in [-0.2, 0) is 9.53 Å². The van der Waals surface area contributed by atoms with E-state index in [1.165, 1.54) is 0 Å². The van der Waals surface area contributed by atoms with Gasteiger partial charge in [0.2, 0.25) is 0 Å². The van der Waals surface area contributed by atoms with Gasteiger partial charge in [-0.05, 0) is 34.4 Å². The van der Waals surface area contributed by atoms with E-state index in [0.29, 0.717) is 5.57 Å². The number of aliphatic hydroxyl groups is 1. The van der Waals surface area contributed by atoms with E-state index in [0.717, 1.165) is 13.0 Å². The van der Waals surface area contributed by atoms with Gasteiger partial charge in [0.25, 0.3) is 0 Å². The molecule has 0 fully saturated rings. The predicted octanol–water partition coefficient (Wildman–Crippen LogP) is 0.808. The van der Waals surface area contributed by atoms with Gasteiger partial charge >= 0.3 is 5.97 Å². The zero-order valence-electron chi connectivity index (χ0n) is 9.99. The summed E-state index contributed by atoms with van der Waals surface area (Å²) in [7, 11) is 3.96. The number of ether oxygens (including phenoxy) is 1. The molecule has 4 heteroatoms. The zero-order chi connectivity index (χ0) is 11.8. The molecular formula is C11H21NO3. The summed E-state index contributed by atoms with van der Waals surface area (Å²) in [4.78, 5) is 13.4. The van der Waals surface area contributed by atoms with Gasteiger partial charge < -0.3 is 14.7 Å². The van der Waals surface area contributed by atoms with Crippen molar-refractivity contribution in [3.8, 4) is 0 Å². The Morgan fingerprint density at radius 2 is 2.13 bits per heavy atom. The largest absolute Gasteiger partial charge is 0.460 e. The molecule has 1 N–H and O–H groups in total. The molecule has 1 atom stereocenters. The minimum atomic E-state index is -0.608. The first-order valence-corrected chi connectivity index (χ1v) is 5.10. The molecule has 0 heterocycles. The molecule has 0 aliphatic heterocycles. The Kier molecular flexibility index (Phi) is 6.99. The third-order valence-electron chi connectivity index (χ3n) is 1.80. The SMILES string of the molecule is CC(=CCCN(C)C)C(=O)OCC(C)O. The summed E-state index contributed by atoms with van der Waals surface area (Å²) in [5.74, 6) is -0.352. The fourth-order valence-electron chi connectivity index (χ4n) is 0.933. The molecular weight excluding hydrogens is 194 g/mol. The highest BCUT2D eigenvalue weighted by Crippen LogP contribution is 2.00. The van der Waals surface area contributed by atoms with E-state index in [2.05, 4.69) is 0 Å². The first kappa shape index (κ1) is 14.1. The molecule has 0 bridgehead atoms. The monoisotopic (exact) mass is 215 g/mol. The van der Waals surface area contributed by atoms with Gasteiger partial charge in [0.15, 0.2) is 0 Å². The van der Waals surface area contributed by atoms with E-state index < -0.39 is 6.10 Å². The molecule has 0 spiro atoms. The average Bonchev–Trinajstić information content (AvgIpc) is 2.13. The van der Waals surface area contributed by atoms with Crippen LogP contribution in [0.3, 0.4) is 0 Å². The molecule has 0 aromatic heterocycles. The van der Waals surface area contributed by atoms with E-state index in [9.17, 15) is 4.79 Å². The average molecular weight is 215 g/mol. The van der Waals surface area contributed by atoms with Gasteiger partial charge in [0, 0.05) is 12.1 Å². The van der Waals surface area contributed by atoms with Crippen molar-refractivity contribution in [1.29, 1.82) is 0 Å². The van der Waals surface area contributed by atoms with Crippen LogP contribution in [0, 0.1) is 0 Å². The fourth-order valence-corrected chi connectivity index (χ4v) is 0.933. The quantitative estimate of drug-likeness (QED) is 0.526. The molecule has 0 amide bonds. The molecule has 0 aliphatic rings. The van der Waals surface area contributed by atoms with Crippen molar-refractivity contribution in [1.82, 2.24) is 4.90 Å². The van der Waals surface area contributed by atoms with Gasteiger partial charge in [0.05, 0.1) is 6.10 Å². The van der Waals surface area contributed by atoms with Crippen LogP contribution in [0.15, 0.2) is 11.6 Å². The Labute approximate surface area is 91.5 Å². The highest BCUT2D eigenvalue weighted by Gasteiger charge is 2.06. The minimum absolute atomic E-state index is 0.0533. The Balaban J connectivity index is 3.86. The number of aliphatic hydroxyl groups excluding tert-OH is 1. The van der Waals surface area contributed by atoms with E-state index in [4.69, 9.17) is 9.84 Å². The number of carbonyl (C=O) groups excluding carboxylic acids is 1. The third-order valence-corrected chi connectivity index (χ3v) is 1.80. The lowest BCUT2D eigenvalue weighted by molar-refractivity contribution is -0.141. The Hall–Kier alpha value is -0.870. The Morgan fingerprint density at radius 1 is 1.53 bits per heavy atom. The fraction of sp³-hybridized carbons (Fsp3) is 0.727. The smallest absolute Gasteiger partial charge is 0.333 e. The highest BCUT2D eigenvalue weighted by molar-refractivity contribution is 5.87. The molecule has 0 saturated carbocycles. The van der Waals surface area contributed by atoms with Crippen LogP contribution in [0.25, 0.3) is 0 Å². The number of carbonyl (C=O) groups is 1. The first-order chi connectivity index (χ1) is 6.93. The van der Waals surface area contributed by atoms with Crippen molar-refractivity contribution in [2.24, 2.45) is 0 Å². The molecule has 0 aromatic rings. The lowest BCUT2D eigenvalue weighted by atomic mass is 10.2. The predicted molar refractivity (Wildman–Crippen MR) is 59.6 cm³/mol. The Bertz CT molecular complexity index is 222. The molecule has 0 aromatic carbocycles. The van der Waals surface area contributed by atoms with Gasteiger partial charge in [-0.1, -0.05) is 6.08 Å². The third kappa shape index (κ3) is 8.15. The topological polar surface area (TPSA) is 49.8 Å². The summed E-state index contributed by atoms with van der Waals surface area (Å²) in [6.45, 7) is 4.26. The van der Waals surface area contributed by atoms with Crippen LogP contribution >= 0.6 is 0 Å². The molecule has 0 aliphatic carbocycles. The van der Waals surface area contributed by atoms with E-state index in [1.807, 2.05) is 25.1 Å². The molecule has 88 valence electrons. The molecule has 4 nitrogen and oxygen atoms in total. The van der Waals surface area contributed by atoms with Crippen LogP contribution < -0.4 is 0 Å². The zero-order valence-corrected chi connectivity index (χ0v) is 9.99. The van der Waals surface area contributed by atoms with Gasteiger partial charge in [-0.3, -0.25) is 0 Å². The molecule has 0 saturated heterocycles. The number of nitrogens with zero attached hydrogens (tertiary/aromatic N) is 1. The maximum Gasteiger partial charge on any atom is 0.333 e. The van der Waals surface area contributed by atoms with Gasteiger partial charge in [-0.15, -0.1) is 0 Å². The standard InChI is InChI=1S/C11H21NO3/c1-9(6-5-7-12(3)4)11(14)15-8-10(2)13/h6,10,13H,5,7-8H2,1-4H3. The highest BCUT2D eigenvalue weighted by atomic mass is 16.5. The van der Waals surface area contributed by atoms with Crippen LogP contribution in [0.4, 0.5) is 0 Å². The van der Waals surface area contributed by atoms with Crippen molar-refractivity contribution in [3.05, 3.63) is 11.6 Å². The van der Waals surface area contributed by atoms with E-state index in [-0.39, 0.29) is 12.6 Å². The minimum Gasteiger partial charge on any atom is -0.460 e. The van der Waals surface area contributed by atoms with Crippen LogP contribution in [0.1, 0.15) is 20.3 Å². The van der Waals surface area contributed by atoms with E-state index in [1.54, 1.807) is 13.8 Å². The number of esters is 1. The summed E-state index contributed by atoms with van der Waals surface area (Å²) in [6, 6.07) is 0. The van der Waals surface area contributed by atoms with Crippen LogP contribution in [-0.4, -0.2) is 49.3 Å². The van der Waals surface area contributed by atoms with Gasteiger partial charge in [-0.25, -0.2) is 4.79 Å². The lowest BCUT2D eigenvalue weighted by Crippen LogP contribution is -2.16. The van der Waals surface area contributed by atoms with Crippen molar-refractivity contribution in [3.63, 3.8) is 0 Å². The van der Waals surface area contributed by atoms with Crippen molar-refractivity contribution >= 4 is 5.97 Å². The van der Waals surface area contributed by atoms with Gasteiger partial charge in [-0.2, -0.15) is 0 Å². The van der Waals surface area contributed by atoms with E-state index >= 15 is 0 Å². The van der Waals surface area contributed by atoms with Crippen molar-refractivity contribution in [2.45, 2.75) is 26.4 Å². The maximum atomic E-state index is 11.3.